The molecular formula is C11H11NOS2. The summed E-state index contributed by atoms with van der Waals surface area (Å²) in [5.41, 5.74) is 1.28. The van der Waals surface area contributed by atoms with Gasteiger partial charge in [0, 0.05) is 6.54 Å². The quantitative estimate of drug-likeness (QED) is 0.870. The van der Waals surface area contributed by atoms with Crippen LogP contribution in [0.5, 0.6) is 0 Å². The van der Waals surface area contributed by atoms with Gasteiger partial charge in [-0.3, -0.25) is 4.79 Å². The third kappa shape index (κ3) is 2.91. The highest BCUT2D eigenvalue weighted by molar-refractivity contribution is 7.12. The average molecular weight is 237 g/mol. The van der Waals surface area contributed by atoms with Crippen LogP contribution in [0.1, 0.15) is 15.2 Å². The van der Waals surface area contributed by atoms with Crippen LogP contribution in [0, 0.1) is 0 Å². The minimum Gasteiger partial charge on any atom is -0.351 e. The molecule has 1 amide bonds. The lowest BCUT2D eigenvalue weighted by atomic mass is 10.2. The van der Waals surface area contributed by atoms with Crippen molar-refractivity contribution in [3.63, 3.8) is 0 Å². The molecule has 0 aliphatic rings. The van der Waals surface area contributed by atoms with Gasteiger partial charge < -0.3 is 5.32 Å². The maximum Gasteiger partial charge on any atom is 0.261 e. The molecule has 2 rings (SSSR count). The van der Waals surface area contributed by atoms with E-state index in [1.54, 1.807) is 11.3 Å². The summed E-state index contributed by atoms with van der Waals surface area (Å²) in [7, 11) is 0. The molecule has 0 spiro atoms. The summed E-state index contributed by atoms with van der Waals surface area (Å²) in [6, 6.07) is 5.81. The van der Waals surface area contributed by atoms with Gasteiger partial charge in [-0.15, -0.1) is 11.3 Å². The first-order chi connectivity index (χ1) is 7.36. The van der Waals surface area contributed by atoms with E-state index in [9.17, 15) is 4.79 Å². The number of hydrogen-bond donors (Lipinski definition) is 1. The van der Waals surface area contributed by atoms with Crippen LogP contribution in [-0.4, -0.2) is 12.5 Å². The molecule has 0 aromatic carbocycles. The Balaban J connectivity index is 1.77. The van der Waals surface area contributed by atoms with Crippen LogP contribution in [-0.2, 0) is 6.42 Å². The van der Waals surface area contributed by atoms with E-state index in [4.69, 9.17) is 0 Å². The van der Waals surface area contributed by atoms with Crippen LogP contribution in [0.25, 0.3) is 0 Å². The molecule has 78 valence electrons. The van der Waals surface area contributed by atoms with E-state index in [0.717, 1.165) is 11.3 Å². The van der Waals surface area contributed by atoms with E-state index < -0.39 is 0 Å². The van der Waals surface area contributed by atoms with Crippen molar-refractivity contribution >= 4 is 28.6 Å². The smallest absolute Gasteiger partial charge is 0.261 e. The van der Waals surface area contributed by atoms with E-state index in [2.05, 4.69) is 22.1 Å². The molecule has 0 aliphatic heterocycles. The lowest BCUT2D eigenvalue weighted by Gasteiger charge is -2.01. The van der Waals surface area contributed by atoms with Crippen molar-refractivity contribution in [2.75, 3.05) is 6.54 Å². The molecule has 15 heavy (non-hydrogen) atoms. The third-order valence-corrected chi connectivity index (χ3v) is 3.62. The molecule has 0 aliphatic carbocycles. The van der Waals surface area contributed by atoms with Crippen LogP contribution in [0.4, 0.5) is 0 Å². The standard InChI is InChI=1S/C11H11NOS2/c13-11(10-2-1-6-15-10)12-5-3-9-4-7-14-8-9/h1-2,4,6-8H,3,5H2,(H,12,13). The lowest BCUT2D eigenvalue weighted by molar-refractivity contribution is 0.0958. The average Bonchev–Trinajstić information content (AvgIpc) is 2.90. The summed E-state index contributed by atoms with van der Waals surface area (Å²) in [6.45, 7) is 0.702. The van der Waals surface area contributed by atoms with Crippen molar-refractivity contribution in [2.24, 2.45) is 0 Å². The maximum atomic E-state index is 11.5. The Morgan fingerprint density at radius 1 is 1.33 bits per heavy atom. The largest absolute Gasteiger partial charge is 0.351 e. The SMILES string of the molecule is O=C(NCCc1ccsc1)c1cccs1. The van der Waals surface area contributed by atoms with Gasteiger partial charge >= 0.3 is 0 Å². The van der Waals surface area contributed by atoms with Crippen LogP contribution in [0.3, 0.4) is 0 Å². The summed E-state index contributed by atoms with van der Waals surface area (Å²) in [4.78, 5) is 12.3. The Labute approximate surface area is 96.6 Å². The highest BCUT2D eigenvalue weighted by Crippen LogP contribution is 2.08. The Hall–Kier alpha value is -1.13. The van der Waals surface area contributed by atoms with Gasteiger partial charge in [0.1, 0.15) is 0 Å². The van der Waals surface area contributed by atoms with Crippen molar-refractivity contribution in [3.8, 4) is 0 Å². The molecule has 0 fully saturated rings. The summed E-state index contributed by atoms with van der Waals surface area (Å²) >= 11 is 3.15. The van der Waals surface area contributed by atoms with E-state index >= 15 is 0 Å². The fourth-order valence-corrected chi connectivity index (χ4v) is 2.59. The normalized spacial score (nSPS) is 10.1. The lowest BCUT2D eigenvalue weighted by Crippen LogP contribution is -2.24. The second-order valence-corrected chi connectivity index (χ2v) is 4.84. The van der Waals surface area contributed by atoms with Crippen molar-refractivity contribution < 1.29 is 4.79 Å². The molecule has 0 saturated heterocycles. The molecule has 2 aromatic rings. The van der Waals surface area contributed by atoms with Crippen LogP contribution >= 0.6 is 22.7 Å². The van der Waals surface area contributed by atoms with E-state index in [1.165, 1.54) is 16.9 Å². The van der Waals surface area contributed by atoms with Gasteiger partial charge in [-0.05, 0) is 40.3 Å². The first-order valence-corrected chi connectivity index (χ1v) is 6.51. The molecule has 0 bridgehead atoms. The molecule has 0 atom stereocenters. The zero-order valence-electron chi connectivity index (χ0n) is 8.10. The zero-order chi connectivity index (χ0) is 10.5. The van der Waals surface area contributed by atoms with Crippen LogP contribution < -0.4 is 5.32 Å². The Morgan fingerprint density at radius 3 is 2.93 bits per heavy atom. The minimum absolute atomic E-state index is 0.0280. The molecule has 0 saturated carbocycles. The molecule has 0 unspecified atom stereocenters. The van der Waals surface area contributed by atoms with E-state index in [1.807, 2.05) is 17.5 Å². The second kappa shape index (κ2) is 5.09. The van der Waals surface area contributed by atoms with Gasteiger partial charge in [0.25, 0.3) is 5.91 Å². The van der Waals surface area contributed by atoms with Gasteiger partial charge in [-0.25, -0.2) is 0 Å². The number of nitrogens with one attached hydrogen (secondary N) is 1. The Morgan fingerprint density at radius 2 is 2.27 bits per heavy atom. The van der Waals surface area contributed by atoms with Crippen molar-refractivity contribution in [1.82, 2.24) is 5.32 Å². The van der Waals surface area contributed by atoms with Gasteiger partial charge in [-0.2, -0.15) is 11.3 Å². The van der Waals surface area contributed by atoms with Gasteiger partial charge in [0.05, 0.1) is 4.88 Å². The highest BCUT2D eigenvalue weighted by Gasteiger charge is 2.04. The monoisotopic (exact) mass is 237 g/mol. The highest BCUT2D eigenvalue weighted by atomic mass is 32.1. The fraction of sp³-hybridized carbons (Fsp3) is 0.182. The summed E-state index contributed by atoms with van der Waals surface area (Å²) in [5, 5.41) is 8.97. The van der Waals surface area contributed by atoms with Crippen LogP contribution in [0.15, 0.2) is 34.3 Å². The molecule has 4 heteroatoms. The second-order valence-electron chi connectivity index (χ2n) is 3.11. The summed E-state index contributed by atoms with van der Waals surface area (Å²) in [6.07, 6.45) is 0.903. The van der Waals surface area contributed by atoms with Gasteiger partial charge in [0.15, 0.2) is 0 Å². The van der Waals surface area contributed by atoms with Crippen molar-refractivity contribution in [3.05, 3.63) is 44.8 Å². The van der Waals surface area contributed by atoms with Gasteiger partial charge in [-0.1, -0.05) is 6.07 Å². The molecule has 2 aromatic heterocycles. The number of thiophene rings is 2. The van der Waals surface area contributed by atoms with E-state index in [-0.39, 0.29) is 5.91 Å². The number of rotatable bonds is 4. The number of hydrogen-bond acceptors (Lipinski definition) is 3. The molecular weight excluding hydrogens is 226 g/mol. The maximum absolute atomic E-state index is 11.5. The Kier molecular flexibility index (Phi) is 3.53. The first kappa shape index (κ1) is 10.4. The molecule has 0 radical (unpaired) electrons. The topological polar surface area (TPSA) is 29.1 Å². The first-order valence-electron chi connectivity index (χ1n) is 4.69. The molecule has 2 heterocycles. The predicted molar refractivity (Wildman–Crippen MR) is 64.7 cm³/mol. The van der Waals surface area contributed by atoms with Gasteiger partial charge in [0.2, 0.25) is 0 Å². The number of carbonyl (C=O) groups excluding carboxylic acids is 1. The zero-order valence-corrected chi connectivity index (χ0v) is 9.74. The van der Waals surface area contributed by atoms with Crippen LogP contribution in [0.2, 0.25) is 0 Å². The number of amides is 1. The Bertz CT molecular complexity index is 406. The molecule has 1 N–H and O–H groups in total. The van der Waals surface area contributed by atoms with Crippen molar-refractivity contribution in [2.45, 2.75) is 6.42 Å². The van der Waals surface area contributed by atoms with E-state index in [0.29, 0.717) is 6.54 Å². The molecule has 2 nitrogen and oxygen atoms in total. The minimum atomic E-state index is 0.0280. The predicted octanol–water partition coefficient (Wildman–Crippen LogP) is 2.78. The summed E-state index contributed by atoms with van der Waals surface area (Å²) < 4.78 is 0. The third-order valence-electron chi connectivity index (χ3n) is 2.02. The number of carbonyl (C=O) groups is 1. The van der Waals surface area contributed by atoms with Crippen molar-refractivity contribution in [1.29, 1.82) is 0 Å². The fourth-order valence-electron chi connectivity index (χ4n) is 1.25. The summed E-state index contributed by atoms with van der Waals surface area (Å²) in [5.74, 6) is 0.0280.